The van der Waals surface area contributed by atoms with Gasteiger partial charge in [-0.05, 0) is 16.3 Å². The number of rotatable bonds is 3. The Balaban J connectivity index is 1.87. The third-order valence-corrected chi connectivity index (χ3v) is 5.31. The summed E-state index contributed by atoms with van der Waals surface area (Å²) in [4.78, 5) is 26.2. The lowest BCUT2D eigenvalue weighted by Crippen LogP contribution is -2.15. The molecule has 1 N–H and O–H groups in total. The first kappa shape index (κ1) is 20.4. The van der Waals surface area contributed by atoms with Crippen LogP contribution < -0.4 is 5.56 Å². The first-order valence-electron chi connectivity index (χ1n) is 9.70. The summed E-state index contributed by atoms with van der Waals surface area (Å²) < 4.78 is 42.7. The highest BCUT2D eigenvalue weighted by Gasteiger charge is 2.39. The van der Waals surface area contributed by atoms with E-state index in [-0.39, 0.29) is 33.7 Å². The molecule has 0 spiro atoms. The maximum Gasteiger partial charge on any atom is 0.435 e. The van der Waals surface area contributed by atoms with Crippen molar-refractivity contribution in [2.45, 2.75) is 6.18 Å². The van der Waals surface area contributed by atoms with Crippen LogP contribution in [0.5, 0.6) is 0 Å². The first-order chi connectivity index (χ1) is 15.7. The summed E-state index contributed by atoms with van der Waals surface area (Å²) in [5, 5.41) is 16.0. The molecule has 0 saturated carbocycles. The Kier molecular flexibility index (Phi) is 4.52. The maximum atomic E-state index is 14.0. The molecule has 2 heterocycles. The van der Waals surface area contributed by atoms with Crippen molar-refractivity contribution in [2.75, 3.05) is 0 Å². The molecule has 0 aliphatic heterocycles. The molecule has 5 rings (SSSR count). The molecule has 2 aromatic heterocycles. The number of aromatic nitrogens is 3. The lowest BCUT2D eigenvalue weighted by atomic mass is 9.98. The number of alkyl halides is 3. The van der Waals surface area contributed by atoms with Crippen molar-refractivity contribution in [2.24, 2.45) is 0 Å². The van der Waals surface area contributed by atoms with E-state index >= 15 is 0 Å². The molecule has 164 valence electrons. The van der Waals surface area contributed by atoms with E-state index in [1.807, 2.05) is 0 Å². The van der Waals surface area contributed by atoms with Gasteiger partial charge in [-0.2, -0.15) is 22.8 Å². The van der Waals surface area contributed by atoms with E-state index in [9.17, 15) is 28.1 Å². The average molecular weight is 450 g/mol. The Labute approximate surface area is 182 Å². The van der Waals surface area contributed by atoms with Crippen molar-refractivity contribution in [1.82, 2.24) is 14.6 Å². The van der Waals surface area contributed by atoms with Crippen LogP contribution in [0.3, 0.4) is 0 Å². The number of hydrogen-bond donors (Lipinski definition) is 1. The van der Waals surface area contributed by atoms with E-state index in [0.29, 0.717) is 9.90 Å². The SMILES string of the molecule is O=c1cc(-c2cccc([N+](=O)[O-])c2)[nH]c2c(-c3cccc4ccccc34)c(C(F)(F)F)nn12. The van der Waals surface area contributed by atoms with Crippen molar-refractivity contribution in [1.29, 1.82) is 0 Å². The highest BCUT2D eigenvalue weighted by molar-refractivity contribution is 6.00. The van der Waals surface area contributed by atoms with Gasteiger partial charge in [0.15, 0.2) is 5.69 Å². The molecule has 0 aliphatic carbocycles. The monoisotopic (exact) mass is 450 g/mol. The van der Waals surface area contributed by atoms with Gasteiger partial charge in [0, 0.05) is 23.8 Å². The normalized spacial score (nSPS) is 11.8. The molecule has 5 aromatic rings. The number of nitrogens with one attached hydrogen (secondary N) is 1. The zero-order chi connectivity index (χ0) is 23.3. The van der Waals surface area contributed by atoms with E-state index in [1.54, 1.807) is 36.4 Å². The Hall–Kier alpha value is -4.47. The van der Waals surface area contributed by atoms with Crippen LogP contribution in [0.25, 0.3) is 38.8 Å². The smallest absolute Gasteiger partial charge is 0.339 e. The number of non-ortho nitro benzene ring substituents is 1. The van der Waals surface area contributed by atoms with Crippen LogP contribution in [0, 0.1) is 10.1 Å². The van der Waals surface area contributed by atoms with Gasteiger partial charge in [-0.15, -0.1) is 0 Å². The van der Waals surface area contributed by atoms with Gasteiger partial charge in [0.05, 0.1) is 16.2 Å². The number of halogens is 3. The Morgan fingerprint density at radius 1 is 0.970 bits per heavy atom. The van der Waals surface area contributed by atoms with E-state index < -0.39 is 22.4 Å². The molecule has 33 heavy (non-hydrogen) atoms. The molecule has 0 radical (unpaired) electrons. The van der Waals surface area contributed by atoms with Gasteiger partial charge in [-0.1, -0.05) is 54.6 Å². The lowest BCUT2D eigenvalue weighted by molar-refractivity contribution is -0.384. The number of aromatic amines is 1. The summed E-state index contributed by atoms with van der Waals surface area (Å²) >= 11 is 0. The zero-order valence-electron chi connectivity index (χ0n) is 16.6. The fourth-order valence-electron chi connectivity index (χ4n) is 3.88. The molecular weight excluding hydrogens is 437 g/mol. The molecule has 0 atom stereocenters. The summed E-state index contributed by atoms with van der Waals surface area (Å²) in [6, 6.07) is 18.4. The number of nitro groups is 1. The highest BCUT2D eigenvalue weighted by Crippen LogP contribution is 2.41. The first-order valence-corrected chi connectivity index (χ1v) is 9.70. The van der Waals surface area contributed by atoms with Crippen molar-refractivity contribution >= 4 is 22.1 Å². The van der Waals surface area contributed by atoms with E-state index in [4.69, 9.17) is 0 Å². The fourth-order valence-corrected chi connectivity index (χ4v) is 3.88. The number of benzene rings is 3. The molecule has 0 amide bonds. The zero-order valence-corrected chi connectivity index (χ0v) is 16.6. The van der Waals surface area contributed by atoms with Crippen LogP contribution >= 0.6 is 0 Å². The molecular formula is C23H13F3N4O3. The Bertz CT molecular complexity index is 1610. The van der Waals surface area contributed by atoms with E-state index in [0.717, 1.165) is 11.5 Å². The Morgan fingerprint density at radius 3 is 2.45 bits per heavy atom. The van der Waals surface area contributed by atoms with Crippen LogP contribution in [0.4, 0.5) is 18.9 Å². The second-order valence-corrected chi connectivity index (χ2v) is 7.34. The van der Waals surface area contributed by atoms with Crippen molar-refractivity contribution in [3.05, 3.63) is 99.0 Å². The summed E-state index contributed by atoms with van der Waals surface area (Å²) in [5.74, 6) is 0. The lowest BCUT2D eigenvalue weighted by Gasteiger charge is -2.10. The number of H-pyrrole nitrogens is 1. The second-order valence-electron chi connectivity index (χ2n) is 7.34. The standard InChI is InChI=1S/C23H13F3N4O3/c24-23(25,26)21-20(17-10-4-6-13-5-1-2-9-16(13)17)22-27-18(12-19(31)29(22)28-21)14-7-3-8-15(11-14)30(32)33/h1-12,27H. The number of nitro benzene ring substituents is 1. The molecule has 3 aromatic carbocycles. The summed E-state index contributed by atoms with van der Waals surface area (Å²) in [6.07, 6.45) is -4.83. The van der Waals surface area contributed by atoms with Gasteiger partial charge in [-0.3, -0.25) is 14.9 Å². The molecule has 7 nitrogen and oxygen atoms in total. The number of hydrogen-bond acceptors (Lipinski definition) is 4. The largest absolute Gasteiger partial charge is 0.435 e. The van der Waals surface area contributed by atoms with Gasteiger partial charge in [0.25, 0.3) is 11.2 Å². The van der Waals surface area contributed by atoms with E-state index in [1.165, 1.54) is 30.3 Å². The van der Waals surface area contributed by atoms with Crippen LogP contribution in [0.15, 0.2) is 77.6 Å². The molecule has 0 saturated heterocycles. The topological polar surface area (TPSA) is 93.3 Å². The minimum atomic E-state index is -4.83. The van der Waals surface area contributed by atoms with Crippen LogP contribution in [-0.2, 0) is 6.18 Å². The van der Waals surface area contributed by atoms with Crippen LogP contribution in [-0.4, -0.2) is 19.5 Å². The fraction of sp³-hybridized carbons (Fsp3) is 0.0435. The molecule has 0 unspecified atom stereocenters. The predicted molar refractivity (Wildman–Crippen MR) is 116 cm³/mol. The quantitative estimate of drug-likeness (QED) is 0.293. The second kappa shape index (κ2) is 7.30. The van der Waals surface area contributed by atoms with Crippen molar-refractivity contribution in [3.8, 4) is 22.4 Å². The van der Waals surface area contributed by atoms with E-state index in [2.05, 4.69) is 10.1 Å². The minimum absolute atomic E-state index is 0.131. The summed E-state index contributed by atoms with van der Waals surface area (Å²) in [7, 11) is 0. The Morgan fingerprint density at radius 2 is 1.70 bits per heavy atom. The summed E-state index contributed by atoms with van der Waals surface area (Å²) in [6.45, 7) is 0. The third kappa shape index (κ3) is 3.41. The predicted octanol–water partition coefficient (Wildman–Crippen LogP) is 5.44. The maximum absolute atomic E-state index is 14.0. The van der Waals surface area contributed by atoms with Crippen LogP contribution in [0.1, 0.15) is 5.69 Å². The average Bonchev–Trinajstić information content (AvgIpc) is 3.19. The van der Waals surface area contributed by atoms with Gasteiger partial charge < -0.3 is 4.98 Å². The number of nitrogens with zero attached hydrogens (tertiary/aromatic N) is 3. The molecule has 10 heteroatoms. The summed E-state index contributed by atoms with van der Waals surface area (Å²) in [5.41, 5.74) is -2.00. The van der Waals surface area contributed by atoms with Gasteiger partial charge in [0.1, 0.15) is 5.65 Å². The van der Waals surface area contributed by atoms with Crippen LogP contribution in [0.2, 0.25) is 0 Å². The van der Waals surface area contributed by atoms with Crippen molar-refractivity contribution in [3.63, 3.8) is 0 Å². The third-order valence-electron chi connectivity index (χ3n) is 5.31. The van der Waals surface area contributed by atoms with Crippen molar-refractivity contribution < 1.29 is 18.1 Å². The highest BCUT2D eigenvalue weighted by atomic mass is 19.4. The molecule has 0 aliphatic rings. The van der Waals surface area contributed by atoms with Gasteiger partial charge in [0.2, 0.25) is 0 Å². The van der Waals surface area contributed by atoms with Gasteiger partial charge in [-0.25, -0.2) is 0 Å². The van der Waals surface area contributed by atoms with Gasteiger partial charge >= 0.3 is 6.18 Å². The molecule has 0 fully saturated rings. The minimum Gasteiger partial charge on any atom is -0.339 e. The number of fused-ring (bicyclic) bond motifs is 2. The molecule has 0 bridgehead atoms.